The topological polar surface area (TPSA) is 58.2 Å². The molecule has 0 unspecified atom stereocenters. The van der Waals surface area contributed by atoms with Crippen molar-refractivity contribution in [2.45, 2.75) is 38.5 Å². The molecule has 2 amide bonds. The molecule has 4 aromatic rings. The van der Waals surface area contributed by atoms with Crippen molar-refractivity contribution >= 4 is 44.7 Å². The molecule has 0 heterocycles. The first-order valence-corrected chi connectivity index (χ1v) is 12.5. The number of allylic oxidation sites excluding steroid dienone is 2. The maximum atomic E-state index is 12.9. The number of hydrogen-bond acceptors (Lipinski definition) is 2. The van der Waals surface area contributed by atoms with Crippen LogP contribution in [0.2, 0.25) is 0 Å². The molecule has 0 aromatic heterocycles. The third-order valence-corrected chi connectivity index (χ3v) is 6.28. The first kappa shape index (κ1) is 24.9. The van der Waals surface area contributed by atoms with Gasteiger partial charge >= 0.3 is 0 Å². The van der Waals surface area contributed by atoms with E-state index in [1.54, 1.807) is 0 Å². The van der Waals surface area contributed by atoms with Crippen molar-refractivity contribution in [3.05, 3.63) is 98.1 Å². The summed E-state index contributed by atoms with van der Waals surface area (Å²) in [4.78, 5) is 25.7. The number of amides is 2. The van der Waals surface area contributed by atoms with Gasteiger partial charge in [0.05, 0.1) is 0 Å². The molecule has 0 aliphatic heterocycles. The van der Waals surface area contributed by atoms with Crippen LogP contribution < -0.4 is 10.6 Å². The van der Waals surface area contributed by atoms with Crippen molar-refractivity contribution in [3.8, 4) is 11.1 Å². The molecule has 0 aliphatic carbocycles. The van der Waals surface area contributed by atoms with Gasteiger partial charge in [0, 0.05) is 35.3 Å². The third-order valence-electron chi connectivity index (χ3n) is 6.28. The van der Waals surface area contributed by atoms with E-state index in [1.807, 2.05) is 60.7 Å². The molecule has 182 valence electrons. The standard InChI is InChI=1S/C32H32N2O2/c1-3-5-7-17-29(35)33-27-21-19-23-13-9-11-15-25(23)31(27)32-26-16-12-10-14-24(26)20-22-28(32)34-30(36)18-8-6-4-2/h3-4,9-16,19-22H,1-2,5-8,17-18H2,(H,33,35)(H,34,36). The number of nitrogens with one attached hydrogen (secondary N) is 2. The third kappa shape index (κ3) is 5.72. The minimum absolute atomic E-state index is 0.0383. The van der Waals surface area contributed by atoms with Crippen molar-refractivity contribution in [2.75, 3.05) is 10.6 Å². The Morgan fingerprint density at radius 3 is 1.44 bits per heavy atom. The van der Waals surface area contributed by atoms with E-state index < -0.39 is 0 Å². The summed E-state index contributed by atoms with van der Waals surface area (Å²) in [6, 6.07) is 24.2. The normalized spacial score (nSPS) is 10.8. The quantitative estimate of drug-likeness (QED) is 0.169. The summed E-state index contributed by atoms with van der Waals surface area (Å²) in [6.07, 6.45) is 7.58. The lowest BCUT2D eigenvalue weighted by atomic mass is 9.90. The molecule has 0 saturated heterocycles. The van der Waals surface area contributed by atoms with E-state index >= 15 is 0 Å². The zero-order valence-corrected chi connectivity index (χ0v) is 20.6. The number of carbonyl (C=O) groups excluding carboxylic acids is 2. The Kier molecular flexibility index (Phi) is 8.30. The van der Waals surface area contributed by atoms with Crippen molar-refractivity contribution < 1.29 is 9.59 Å². The van der Waals surface area contributed by atoms with Crippen LogP contribution in [0, 0.1) is 0 Å². The molecule has 4 rings (SSSR count). The molecular weight excluding hydrogens is 444 g/mol. The van der Waals surface area contributed by atoms with E-state index in [-0.39, 0.29) is 11.8 Å². The lowest BCUT2D eigenvalue weighted by Gasteiger charge is -2.20. The lowest BCUT2D eigenvalue weighted by molar-refractivity contribution is -0.117. The molecule has 0 atom stereocenters. The lowest BCUT2D eigenvalue weighted by Crippen LogP contribution is -2.14. The molecule has 0 aliphatic rings. The van der Waals surface area contributed by atoms with E-state index in [1.165, 1.54) is 0 Å². The molecule has 4 heteroatoms. The summed E-state index contributed by atoms with van der Waals surface area (Å²) in [5, 5.41) is 10.5. The second-order valence-electron chi connectivity index (χ2n) is 8.88. The summed E-state index contributed by atoms with van der Waals surface area (Å²) in [6.45, 7) is 7.49. The molecule has 0 radical (unpaired) electrons. The van der Waals surface area contributed by atoms with Gasteiger partial charge < -0.3 is 10.6 Å². The molecule has 2 N–H and O–H groups in total. The van der Waals surface area contributed by atoms with E-state index in [4.69, 9.17) is 0 Å². The van der Waals surface area contributed by atoms with Gasteiger partial charge in [-0.1, -0.05) is 72.8 Å². The Hall–Kier alpha value is -4.18. The molecule has 36 heavy (non-hydrogen) atoms. The number of hydrogen-bond donors (Lipinski definition) is 2. The minimum atomic E-state index is -0.0383. The minimum Gasteiger partial charge on any atom is -0.325 e. The van der Waals surface area contributed by atoms with Crippen LogP contribution in [0.5, 0.6) is 0 Å². The second kappa shape index (κ2) is 12.0. The first-order valence-electron chi connectivity index (χ1n) is 12.5. The number of anilines is 2. The molecule has 0 spiro atoms. The van der Waals surface area contributed by atoms with Crippen LogP contribution in [-0.2, 0) is 9.59 Å². The van der Waals surface area contributed by atoms with E-state index in [9.17, 15) is 9.59 Å². The summed E-state index contributed by atoms with van der Waals surface area (Å²) in [5.74, 6) is -0.0766. The van der Waals surface area contributed by atoms with Gasteiger partial charge in [-0.25, -0.2) is 0 Å². The summed E-state index contributed by atoms with van der Waals surface area (Å²) in [5.41, 5.74) is 3.28. The molecule has 4 nitrogen and oxygen atoms in total. The Morgan fingerprint density at radius 2 is 1.03 bits per heavy atom. The van der Waals surface area contributed by atoms with Gasteiger partial charge in [-0.05, 0) is 59.4 Å². The van der Waals surface area contributed by atoms with Crippen LogP contribution >= 0.6 is 0 Å². The van der Waals surface area contributed by atoms with Crippen molar-refractivity contribution in [1.29, 1.82) is 0 Å². The van der Waals surface area contributed by atoms with Gasteiger partial charge in [0.2, 0.25) is 11.8 Å². The molecule has 0 saturated carbocycles. The number of fused-ring (bicyclic) bond motifs is 2. The Bertz CT molecular complexity index is 1310. The molecular formula is C32H32N2O2. The molecule has 0 fully saturated rings. The van der Waals surface area contributed by atoms with Gasteiger partial charge in [-0.3, -0.25) is 9.59 Å². The number of unbranched alkanes of at least 4 members (excludes halogenated alkanes) is 2. The summed E-state index contributed by atoms with van der Waals surface area (Å²) < 4.78 is 0. The van der Waals surface area contributed by atoms with Crippen LogP contribution in [0.3, 0.4) is 0 Å². The van der Waals surface area contributed by atoms with Crippen molar-refractivity contribution in [3.63, 3.8) is 0 Å². The fraction of sp³-hybridized carbons (Fsp3) is 0.188. The zero-order valence-electron chi connectivity index (χ0n) is 20.6. The smallest absolute Gasteiger partial charge is 0.224 e. The monoisotopic (exact) mass is 476 g/mol. The highest BCUT2D eigenvalue weighted by molar-refractivity contribution is 6.16. The Balaban J connectivity index is 1.88. The van der Waals surface area contributed by atoms with Crippen LogP contribution in [0.1, 0.15) is 38.5 Å². The van der Waals surface area contributed by atoms with Gasteiger partial charge in [-0.2, -0.15) is 0 Å². The maximum Gasteiger partial charge on any atom is 0.224 e. The fourth-order valence-electron chi connectivity index (χ4n) is 4.53. The predicted molar refractivity (Wildman–Crippen MR) is 152 cm³/mol. The van der Waals surface area contributed by atoms with E-state index in [2.05, 4.69) is 48.1 Å². The highest BCUT2D eigenvalue weighted by Gasteiger charge is 2.19. The fourth-order valence-corrected chi connectivity index (χ4v) is 4.53. The van der Waals surface area contributed by atoms with Gasteiger partial charge in [0.1, 0.15) is 0 Å². The van der Waals surface area contributed by atoms with Gasteiger partial charge in [-0.15, -0.1) is 13.2 Å². The summed E-state index contributed by atoms with van der Waals surface area (Å²) in [7, 11) is 0. The van der Waals surface area contributed by atoms with E-state index in [0.717, 1.165) is 69.7 Å². The maximum absolute atomic E-state index is 12.9. The average Bonchev–Trinajstić information content (AvgIpc) is 2.89. The number of carbonyl (C=O) groups is 2. The average molecular weight is 477 g/mol. The van der Waals surface area contributed by atoms with Gasteiger partial charge in [0.25, 0.3) is 0 Å². The largest absolute Gasteiger partial charge is 0.325 e. The van der Waals surface area contributed by atoms with Crippen LogP contribution in [0.15, 0.2) is 98.1 Å². The number of rotatable bonds is 11. The summed E-state index contributed by atoms with van der Waals surface area (Å²) >= 11 is 0. The highest BCUT2D eigenvalue weighted by atomic mass is 16.2. The highest BCUT2D eigenvalue weighted by Crippen LogP contribution is 2.43. The predicted octanol–water partition coefficient (Wildman–Crippen LogP) is 8.25. The Morgan fingerprint density at radius 1 is 0.611 bits per heavy atom. The van der Waals surface area contributed by atoms with Crippen molar-refractivity contribution in [2.24, 2.45) is 0 Å². The Labute approximate surface area is 212 Å². The van der Waals surface area contributed by atoms with Gasteiger partial charge in [0.15, 0.2) is 0 Å². The van der Waals surface area contributed by atoms with Crippen LogP contribution in [0.25, 0.3) is 32.7 Å². The molecule has 4 aromatic carbocycles. The van der Waals surface area contributed by atoms with Crippen molar-refractivity contribution in [1.82, 2.24) is 0 Å². The van der Waals surface area contributed by atoms with E-state index in [0.29, 0.717) is 12.8 Å². The number of benzene rings is 4. The van der Waals surface area contributed by atoms with Crippen LogP contribution in [0.4, 0.5) is 11.4 Å². The SMILES string of the molecule is C=CCCCC(=O)Nc1ccc2ccccc2c1-c1c(NC(=O)CCCC=C)ccc2ccccc12. The van der Waals surface area contributed by atoms with Crippen LogP contribution in [-0.4, -0.2) is 11.8 Å². The first-order chi connectivity index (χ1) is 17.6. The molecule has 0 bridgehead atoms. The second-order valence-corrected chi connectivity index (χ2v) is 8.88. The zero-order chi connectivity index (χ0) is 25.3.